The number of piperazine rings is 1. The minimum atomic E-state index is 0.110. The first-order chi connectivity index (χ1) is 14.6. The lowest BCUT2D eigenvalue weighted by molar-refractivity contribution is 0.0668. The molecule has 0 radical (unpaired) electrons. The van der Waals surface area contributed by atoms with E-state index in [1.807, 2.05) is 11.8 Å². The number of hydrogen-bond acceptors (Lipinski definition) is 7. The van der Waals surface area contributed by atoms with E-state index >= 15 is 0 Å². The number of amides is 1. The summed E-state index contributed by atoms with van der Waals surface area (Å²) in [6.07, 6.45) is 1.58. The Morgan fingerprint density at radius 1 is 1.13 bits per heavy atom. The zero-order valence-electron chi connectivity index (χ0n) is 17.0. The van der Waals surface area contributed by atoms with E-state index in [-0.39, 0.29) is 5.91 Å². The molecule has 4 heterocycles. The molecule has 6 nitrogen and oxygen atoms in total. The molecule has 0 bridgehead atoms. The second kappa shape index (κ2) is 7.94. The minimum absolute atomic E-state index is 0.110. The zero-order chi connectivity index (χ0) is 20.7. The van der Waals surface area contributed by atoms with Crippen molar-refractivity contribution >= 4 is 54.7 Å². The molecule has 1 N–H and O–H groups in total. The fourth-order valence-electron chi connectivity index (χ4n) is 3.86. The number of aromatic nitrogens is 2. The monoisotopic (exact) mass is 437 g/mol. The number of hydrogen-bond donors (Lipinski definition) is 1. The summed E-state index contributed by atoms with van der Waals surface area (Å²) >= 11 is 3.26. The Labute approximate surface area is 183 Å². The third-order valence-corrected chi connectivity index (χ3v) is 7.92. The van der Waals surface area contributed by atoms with Crippen LogP contribution in [-0.4, -0.2) is 58.9 Å². The first-order valence-electron chi connectivity index (χ1n) is 10.0. The van der Waals surface area contributed by atoms with Gasteiger partial charge in [-0.05, 0) is 37.1 Å². The van der Waals surface area contributed by atoms with Gasteiger partial charge in [0.25, 0.3) is 5.91 Å². The summed E-state index contributed by atoms with van der Waals surface area (Å²) in [6, 6.07) is 10.6. The maximum Gasteiger partial charge on any atom is 0.264 e. The van der Waals surface area contributed by atoms with E-state index in [9.17, 15) is 4.79 Å². The molecular weight excluding hydrogens is 414 g/mol. The quantitative estimate of drug-likeness (QED) is 0.518. The standard InChI is InChI=1S/C22H23N5OS2/c1-14-18-20(23-12-16-11-15-5-3-4-6-17(15)29-16)24-13-25-21(18)30-19(14)22(28)27-9-7-26(2)8-10-27/h3-6,11,13H,7-10,12H2,1-2H3,(H,23,24,25). The molecule has 30 heavy (non-hydrogen) atoms. The van der Waals surface area contributed by atoms with Crippen molar-refractivity contribution in [2.45, 2.75) is 13.5 Å². The van der Waals surface area contributed by atoms with E-state index in [1.54, 1.807) is 17.7 Å². The number of fused-ring (bicyclic) bond motifs is 2. The predicted molar refractivity (Wildman–Crippen MR) is 125 cm³/mol. The molecule has 0 spiro atoms. The lowest BCUT2D eigenvalue weighted by Gasteiger charge is -2.32. The summed E-state index contributed by atoms with van der Waals surface area (Å²) in [4.78, 5) is 29.2. The fourth-order valence-corrected chi connectivity index (χ4v) is 5.98. The van der Waals surface area contributed by atoms with Crippen molar-refractivity contribution in [3.05, 3.63) is 52.0 Å². The van der Waals surface area contributed by atoms with E-state index in [0.29, 0.717) is 6.54 Å². The molecular formula is C22H23N5OS2. The Morgan fingerprint density at radius 3 is 2.73 bits per heavy atom. The van der Waals surface area contributed by atoms with Crippen LogP contribution in [0.2, 0.25) is 0 Å². The van der Waals surface area contributed by atoms with Gasteiger partial charge >= 0.3 is 0 Å². The van der Waals surface area contributed by atoms with Gasteiger partial charge in [0.1, 0.15) is 17.0 Å². The van der Waals surface area contributed by atoms with Gasteiger partial charge in [0.05, 0.1) is 16.8 Å². The molecule has 1 aliphatic heterocycles. The molecule has 0 aliphatic carbocycles. The molecule has 1 fully saturated rings. The molecule has 1 aliphatic rings. The number of nitrogens with one attached hydrogen (secondary N) is 1. The van der Waals surface area contributed by atoms with Crippen LogP contribution in [0.1, 0.15) is 20.1 Å². The van der Waals surface area contributed by atoms with Gasteiger partial charge in [0.15, 0.2) is 0 Å². The van der Waals surface area contributed by atoms with Crippen LogP contribution in [0.5, 0.6) is 0 Å². The number of benzene rings is 1. The number of nitrogens with zero attached hydrogens (tertiary/aromatic N) is 4. The summed E-state index contributed by atoms with van der Waals surface area (Å²) in [5, 5.41) is 5.70. The maximum absolute atomic E-state index is 13.1. The van der Waals surface area contributed by atoms with Crippen molar-refractivity contribution in [2.75, 3.05) is 38.5 Å². The largest absolute Gasteiger partial charge is 0.365 e. The second-order valence-corrected chi connectivity index (χ2v) is 9.83. The second-order valence-electron chi connectivity index (χ2n) is 7.66. The molecule has 1 aromatic carbocycles. The van der Waals surface area contributed by atoms with Gasteiger partial charge in [0.2, 0.25) is 0 Å². The number of anilines is 1. The Morgan fingerprint density at radius 2 is 1.93 bits per heavy atom. The highest BCUT2D eigenvalue weighted by molar-refractivity contribution is 7.20. The fraction of sp³-hybridized carbons (Fsp3) is 0.318. The number of likely N-dealkylation sites (N-methyl/N-ethyl adjacent to an activating group) is 1. The van der Waals surface area contributed by atoms with Crippen LogP contribution in [0.15, 0.2) is 36.7 Å². The average molecular weight is 438 g/mol. The van der Waals surface area contributed by atoms with Gasteiger partial charge in [-0.25, -0.2) is 9.97 Å². The van der Waals surface area contributed by atoms with Gasteiger partial charge in [-0.2, -0.15) is 0 Å². The van der Waals surface area contributed by atoms with Gasteiger partial charge in [-0.15, -0.1) is 22.7 Å². The van der Waals surface area contributed by atoms with E-state index in [0.717, 1.165) is 52.7 Å². The molecule has 154 valence electrons. The summed E-state index contributed by atoms with van der Waals surface area (Å²) in [5.41, 5.74) is 0.971. The molecule has 0 atom stereocenters. The van der Waals surface area contributed by atoms with Crippen LogP contribution in [0.25, 0.3) is 20.3 Å². The van der Waals surface area contributed by atoms with Crippen molar-refractivity contribution in [2.24, 2.45) is 0 Å². The highest BCUT2D eigenvalue weighted by Gasteiger charge is 2.25. The lowest BCUT2D eigenvalue weighted by Crippen LogP contribution is -2.47. The Balaban J connectivity index is 1.41. The molecule has 1 saturated heterocycles. The van der Waals surface area contributed by atoms with Crippen molar-refractivity contribution in [1.29, 1.82) is 0 Å². The topological polar surface area (TPSA) is 61.4 Å². The molecule has 0 unspecified atom stereocenters. The van der Waals surface area contributed by atoms with Gasteiger partial charge in [0, 0.05) is 35.8 Å². The van der Waals surface area contributed by atoms with E-state index < -0.39 is 0 Å². The highest BCUT2D eigenvalue weighted by atomic mass is 32.1. The SMILES string of the molecule is Cc1c(C(=O)N2CCN(C)CC2)sc2ncnc(NCc3cc4ccccc4s3)c12. The third-order valence-electron chi connectivity index (χ3n) is 5.62. The van der Waals surface area contributed by atoms with Gasteiger partial charge < -0.3 is 15.1 Å². The number of carbonyl (C=O) groups is 1. The Bertz CT molecular complexity index is 1190. The Kier molecular flexibility index (Phi) is 5.14. The van der Waals surface area contributed by atoms with Crippen LogP contribution in [0.3, 0.4) is 0 Å². The molecule has 8 heteroatoms. The van der Waals surface area contributed by atoms with Crippen LogP contribution in [-0.2, 0) is 6.54 Å². The minimum Gasteiger partial charge on any atom is -0.365 e. The summed E-state index contributed by atoms with van der Waals surface area (Å²) < 4.78 is 1.29. The summed E-state index contributed by atoms with van der Waals surface area (Å²) in [7, 11) is 2.09. The zero-order valence-corrected chi connectivity index (χ0v) is 18.6. The van der Waals surface area contributed by atoms with Crippen LogP contribution >= 0.6 is 22.7 Å². The predicted octanol–water partition coefficient (Wildman–Crippen LogP) is 4.21. The van der Waals surface area contributed by atoms with Crippen LogP contribution in [0.4, 0.5) is 5.82 Å². The van der Waals surface area contributed by atoms with E-state index in [4.69, 9.17) is 0 Å². The summed E-state index contributed by atoms with van der Waals surface area (Å²) in [5.74, 6) is 0.905. The number of thiophene rings is 2. The maximum atomic E-state index is 13.1. The van der Waals surface area contributed by atoms with Crippen molar-refractivity contribution in [3.8, 4) is 0 Å². The molecule has 3 aromatic heterocycles. The molecule has 5 rings (SSSR count). The normalized spacial score (nSPS) is 15.2. The Hall–Kier alpha value is -2.55. The first kappa shape index (κ1) is 19.4. The van der Waals surface area contributed by atoms with Crippen LogP contribution in [0, 0.1) is 6.92 Å². The van der Waals surface area contributed by atoms with Gasteiger partial charge in [-0.3, -0.25) is 4.79 Å². The average Bonchev–Trinajstić information content (AvgIpc) is 3.33. The van der Waals surface area contributed by atoms with Crippen molar-refractivity contribution in [1.82, 2.24) is 19.8 Å². The van der Waals surface area contributed by atoms with E-state index in [2.05, 4.69) is 57.6 Å². The molecule has 0 saturated carbocycles. The van der Waals surface area contributed by atoms with Crippen molar-refractivity contribution < 1.29 is 4.79 Å². The number of rotatable bonds is 4. The van der Waals surface area contributed by atoms with E-state index in [1.165, 1.54) is 26.3 Å². The summed E-state index contributed by atoms with van der Waals surface area (Å²) in [6.45, 7) is 6.07. The number of aryl methyl sites for hydroxylation is 1. The molecule has 4 aromatic rings. The van der Waals surface area contributed by atoms with Crippen molar-refractivity contribution in [3.63, 3.8) is 0 Å². The number of carbonyl (C=O) groups excluding carboxylic acids is 1. The lowest BCUT2D eigenvalue weighted by atomic mass is 10.1. The first-order valence-corrected chi connectivity index (χ1v) is 11.7. The third kappa shape index (κ3) is 3.55. The molecule has 1 amide bonds. The van der Waals surface area contributed by atoms with Crippen LogP contribution < -0.4 is 5.32 Å². The smallest absolute Gasteiger partial charge is 0.264 e. The highest BCUT2D eigenvalue weighted by Crippen LogP contribution is 2.35. The van der Waals surface area contributed by atoms with Gasteiger partial charge in [-0.1, -0.05) is 18.2 Å².